The molecular weight excluding hydrogens is 250 g/mol. The third-order valence-electron chi connectivity index (χ3n) is 3.63. The maximum atomic E-state index is 12.1. The molecule has 0 radical (unpaired) electrons. The highest BCUT2D eigenvalue weighted by atomic mass is 32.2. The van der Waals surface area contributed by atoms with Crippen LogP contribution in [0.3, 0.4) is 0 Å². The third-order valence-corrected chi connectivity index (χ3v) is 5.54. The average molecular weight is 277 g/mol. The lowest BCUT2D eigenvalue weighted by atomic mass is 9.93. The molecule has 1 saturated heterocycles. The van der Waals surface area contributed by atoms with Gasteiger partial charge in [0, 0.05) is 33.2 Å². The summed E-state index contributed by atoms with van der Waals surface area (Å²) in [6.45, 7) is 6.59. The lowest BCUT2D eigenvalue weighted by molar-refractivity contribution is 0.217. The van der Waals surface area contributed by atoms with Crippen LogP contribution in [-0.4, -0.2) is 56.8 Å². The zero-order valence-corrected chi connectivity index (χ0v) is 12.8. The van der Waals surface area contributed by atoms with E-state index in [9.17, 15) is 8.42 Å². The van der Waals surface area contributed by atoms with E-state index < -0.39 is 10.2 Å². The van der Waals surface area contributed by atoms with E-state index in [-0.39, 0.29) is 0 Å². The molecule has 108 valence electrons. The summed E-state index contributed by atoms with van der Waals surface area (Å²) < 4.78 is 27.1. The van der Waals surface area contributed by atoms with E-state index in [0.29, 0.717) is 25.0 Å². The van der Waals surface area contributed by atoms with Gasteiger partial charge in [-0.1, -0.05) is 6.92 Å². The number of hydrogen-bond acceptors (Lipinski definition) is 3. The Morgan fingerprint density at radius 2 is 2.11 bits per heavy atom. The van der Waals surface area contributed by atoms with Gasteiger partial charge in [-0.15, -0.1) is 0 Å². The number of nitrogens with one attached hydrogen (secondary N) is 1. The summed E-state index contributed by atoms with van der Waals surface area (Å²) >= 11 is 0. The van der Waals surface area contributed by atoms with Crippen molar-refractivity contribution in [2.45, 2.75) is 39.2 Å². The van der Waals surface area contributed by atoms with Crippen LogP contribution in [0.25, 0.3) is 0 Å². The average Bonchev–Trinajstić information content (AvgIpc) is 2.35. The quantitative estimate of drug-likeness (QED) is 0.784. The van der Waals surface area contributed by atoms with E-state index in [1.165, 1.54) is 4.31 Å². The monoisotopic (exact) mass is 277 g/mol. The molecule has 1 heterocycles. The molecule has 0 bridgehead atoms. The Labute approximate surface area is 112 Å². The minimum absolute atomic E-state index is 0.380. The van der Waals surface area contributed by atoms with Gasteiger partial charge >= 0.3 is 0 Å². The fraction of sp³-hybridized carbons (Fsp3) is 1.00. The Balaban J connectivity index is 2.61. The molecule has 1 aliphatic heterocycles. The van der Waals surface area contributed by atoms with Crippen molar-refractivity contribution >= 4 is 10.2 Å². The predicted molar refractivity (Wildman–Crippen MR) is 74.7 cm³/mol. The zero-order valence-electron chi connectivity index (χ0n) is 12.0. The number of piperidine rings is 1. The van der Waals surface area contributed by atoms with Crippen molar-refractivity contribution in [1.82, 2.24) is 13.9 Å². The molecule has 1 N–H and O–H groups in total. The fourth-order valence-electron chi connectivity index (χ4n) is 2.36. The first-order chi connectivity index (χ1) is 8.39. The lowest BCUT2D eigenvalue weighted by Crippen LogP contribution is -2.49. The van der Waals surface area contributed by atoms with Crippen molar-refractivity contribution < 1.29 is 8.42 Å². The van der Waals surface area contributed by atoms with Crippen LogP contribution in [0.2, 0.25) is 0 Å². The van der Waals surface area contributed by atoms with Crippen molar-refractivity contribution in [2.75, 3.05) is 33.7 Å². The highest BCUT2D eigenvalue weighted by Crippen LogP contribution is 2.22. The Hall–Kier alpha value is -0.170. The van der Waals surface area contributed by atoms with Crippen molar-refractivity contribution in [3.8, 4) is 0 Å². The maximum absolute atomic E-state index is 12.1. The summed E-state index contributed by atoms with van der Waals surface area (Å²) in [5.41, 5.74) is 0. The third kappa shape index (κ3) is 3.91. The fourth-order valence-corrected chi connectivity index (χ4v) is 3.56. The van der Waals surface area contributed by atoms with Crippen LogP contribution >= 0.6 is 0 Å². The van der Waals surface area contributed by atoms with Crippen LogP contribution in [0.4, 0.5) is 0 Å². The molecule has 5 nitrogen and oxygen atoms in total. The van der Waals surface area contributed by atoms with Gasteiger partial charge in [0.25, 0.3) is 10.2 Å². The molecular formula is C12H27N3O2S. The van der Waals surface area contributed by atoms with Crippen molar-refractivity contribution in [3.63, 3.8) is 0 Å². The van der Waals surface area contributed by atoms with E-state index in [4.69, 9.17) is 0 Å². The Bertz CT molecular complexity index is 343. The van der Waals surface area contributed by atoms with E-state index in [1.807, 2.05) is 0 Å². The molecule has 0 aromatic rings. The van der Waals surface area contributed by atoms with Crippen LogP contribution in [0, 0.1) is 5.92 Å². The summed E-state index contributed by atoms with van der Waals surface area (Å²) in [5, 5.41) is 3.47. The zero-order chi connectivity index (χ0) is 13.8. The summed E-state index contributed by atoms with van der Waals surface area (Å²) in [6, 6.07) is 0.380. The van der Waals surface area contributed by atoms with Gasteiger partial charge in [-0.3, -0.25) is 0 Å². The normalized spacial score (nSPS) is 24.4. The van der Waals surface area contributed by atoms with Gasteiger partial charge in [0.15, 0.2) is 0 Å². The second-order valence-electron chi connectivity index (χ2n) is 5.29. The molecule has 0 spiro atoms. The second-order valence-corrected chi connectivity index (χ2v) is 7.44. The molecule has 0 saturated carbocycles. The molecule has 1 rings (SSSR count). The van der Waals surface area contributed by atoms with Crippen molar-refractivity contribution in [1.29, 1.82) is 0 Å². The molecule has 18 heavy (non-hydrogen) atoms. The minimum atomic E-state index is -3.25. The van der Waals surface area contributed by atoms with Crippen molar-refractivity contribution in [3.05, 3.63) is 0 Å². The van der Waals surface area contributed by atoms with Gasteiger partial charge in [-0.05, 0) is 38.6 Å². The highest BCUT2D eigenvalue weighted by molar-refractivity contribution is 7.86. The van der Waals surface area contributed by atoms with E-state index in [0.717, 1.165) is 25.8 Å². The molecule has 1 fully saturated rings. The molecule has 2 unspecified atom stereocenters. The summed E-state index contributed by atoms with van der Waals surface area (Å²) in [4.78, 5) is 0. The SMILES string of the molecule is CCCNC(C)C1CCCN(S(=O)(=O)N(C)C)C1. The van der Waals surface area contributed by atoms with Gasteiger partial charge in [-0.25, -0.2) is 0 Å². The van der Waals surface area contributed by atoms with Gasteiger partial charge in [0.2, 0.25) is 0 Å². The molecule has 0 aromatic carbocycles. The Kier molecular flexibility index (Phi) is 6.04. The molecule has 0 aliphatic carbocycles. The van der Waals surface area contributed by atoms with Gasteiger partial charge < -0.3 is 5.32 Å². The summed E-state index contributed by atoms with van der Waals surface area (Å²) in [5.74, 6) is 0.417. The van der Waals surface area contributed by atoms with Gasteiger partial charge in [-0.2, -0.15) is 17.0 Å². The van der Waals surface area contributed by atoms with Gasteiger partial charge in [0.05, 0.1) is 0 Å². The minimum Gasteiger partial charge on any atom is -0.314 e. The van der Waals surface area contributed by atoms with Crippen LogP contribution in [0.5, 0.6) is 0 Å². The predicted octanol–water partition coefficient (Wildman–Crippen LogP) is 0.893. The number of hydrogen-bond donors (Lipinski definition) is 1. The van der Waals surface area contributed by atoms with Crippen molar-refractivity contribution in [2.24, 2.45) is 5.92 Å². The largest absolute Gasteiger partial charge is 0.314 e. The van der Waals surface area contributed by atoms with Crippen LogP contribution < -0.4 is 5.32 Å². The first kappa shape index (κ1) is 15.9. The lowest BCUT2D eigenvalue weighted by Gasteiger charge is -2.36. The molecule has 6 heteroatoms. The number of nitrogens with zero attached hydrogens (tertiary/aromatic N) is 2. The first-order valence-electron chi connectivity index (χ1n) is 6.80. The molecule has 0 amide bonds. The molecule has 1 aliphatic rings. The van der Waals surface area contributed by atoms with Crippen LogP contribution in [0.15, 0.2) is 0 Å². The smallest absolute Gasteiger partial charge is 0.281 e. The second kappa shape index (κ2) is 6.84. The van der Waals surface area contributed by atoms with Crippen LogP contribution in [-0.2, 0) is 10.2 Å². The first-order valence-corrected chi connectivity index (χ1v) is 8.20. The summed E-state index contributed by atoms with van der Waals surface area (Å²) in [7, 11) is -0.0581. The number of rotatable bonds is 6. The molecule has 2 atom stereocenters. The topological polar surface area (TPSA) is 52.7 Å². The van der Waals surface area contributed by atoms with Crippen LogP contribution in [0.1, 0.15) is 33.1 Å². The Morgan fingerprint density at radius 3 is 2.67 bits per heavy atom. The maximum Gasteiger partial charge on any atom is 0.281 e. The van der Waals surface area contributed by atoms with E-state index in [2.05, 4.69) is 19.2 Å². The Morgan fingerprint density at radius 1 is 1.44 bits per heavy atom. The molecule has 0 aromatic heterocycles. The van der Waals surface area contributed by atoms with Gasteiger partial charge in [0.1, 0.15) is 0 Å². The van der Waals surface area contributed by atoms with E-state index in [1.54, 1.807) is 18.4 Å². The summed E-state index contributed by atoms with van der Waals surface area (Å²) in [6.07, 6.45) is 3.17. The standard InChI is InChI=1S/C12H27N3O2S/c1-5-8-13-11(2)12-7-6-9-15(10-12)18(16,17)14(3)4/h11-13H,5-10H2,1-4H3. The van der Waals surface area contributed by atoms with E-state index >= 15 is 0 Å². The highest BCUT2D eigenvalue weighted by Gasteiger charge is 2.32.